The molecule has 0 bridgehead atoms. The Hall–Kier alpha value is -4.46. The lowest BCUT2D eigenvalue weighted by Crippen LogP contribution is -2.29. The van der Waals surface area contributed by atoms with Crippen LogP contribution < -0.4 is 16.0 Å². The van der Waals surface area contributed by atoms with E-state index in [1.807, 2.05) is 31.2 Å². The van der Waals surface area contributed by atoms with E-state index in [-0.39, 0.29) is 23.7 Å². The van der Waals surface area contributed by atoms with Gasteiger partial charge in [-0.3, -0.25) is 14.5 Å². The van der Waals surface area contributed by atoms with E-state index in [0.717, 1.165) is 30.9 Å². The minimum atomic E-state index is -0.369. The van der Waals surface area contributed by atoms with Gasteiger partial charge in [0.25, 0.3) is 11.8 Å². The van der Waals surface area contributed by atoms with Crippen molar-refractivity contribution in [3.63, 3.8) is 0 Å². The van der Waals surface area contributed by atoms with Crippen molar-refractivity contribution in [3.8, 4) is 0 Å². The van der Waals surface area contributed by atoms with Gasteiger partial charge in [-0.1, -0.05) is 42.3 Å². The number of piperidine rings is 1. The summed E-state index contributed by atoms with van der Waals surface area (Å²) in [6.45, 7) is 4.94. The second-order valence-corrected chi connectivity index (χ2v) is 11.8. The van der Waals surface area contributed by atoms with Crippen LogP contribution in [0, 0.1) is 5.82 Å². The first-order valence-corrected chi connectivity index (χ1v) is 15.3. The Kier molecular flexibility index (Phi) is 8.77. The van der Waals surface area contributed by atoms with Crippen molar-refractivity contribution >= 4 is 46.1 Å². The van der Waals surface area contributed by atoms with E-state index in [0.29, 0.717) is 38.7 Å². The maximum Gasteiger partial charge on any atom is 0.258 e. The molecular formula is C36H34ClFN4O2. The molecule has 224 valence electrons. The van der Waals surface area contributed by atoms with Crippen LogP contribution in [-0.4, -0.2) is 29.8 Å². The number of likely N-dealkylation sites (tertiary alicyclic amines) is 1. The quantitative estimate of drug-likeness (QED) is 0.178. The first kappa shape index (κ1) is 29.6. The van der Waals surface area contributed by atoms with Crippen LogP contribution in [0.3, 0.4) is 0 Å². The molecule has 0 unspecified atom stereocenters. The summed E-state index contributed by atoms with van der Waals surface area (Å²) in [6.07, 6.45) is 3.71. The summed E-state index contributed by atoms with van der Waals surface area (Å²) in [5.74, 6) is -0.939. The van der Waals surface area contributed by atoms with Crippen LogP contribution in [-0.2, 0) is 11.3 Å². The number of hydrogen-bond acceptors (Lipinski definition) is 4. The first-order chi connectivity index (χ1) is 21.3. The van der Waals surface area contributed by atoms with Gasteiger partial charge in [-0.15, -0.1) is 0 Å². The molecule has 8 heteroatoms. The molecular weight excluding hydrogens is 575 g/mol. The van der Waals surface area contributed by atoms with Gasteiger partial charge in [-0.25, -0.2) is 4.39 Å². The molecule has 4 aromatic rings. The van der Waals surface area contributed by atoms with Gasteiger partial charge in [0.15, 0.2) is 0 Å². The van der Waals surface area contributed by atoms with Crippen LogP contribution in [0.2, 0.25) is 5.02 Å². The van der Waals surface area contributed by atoms with Gasteiger partial charge in [-0.05, 0) is 116 Å². The van der Waals surface area contributed by atoms with E-state index in [4.69, 9.17) is 11.6 Å². The van der Waals surface area contributed by atoms with Gasteiger partial charge >= 0.3 is 0 Å². The predicted molar refractivity (Wildman–Crippen MR) is 175 cm³/mol. The van der Waals surface area contributed by atoms with Crippen LogP contribution in [0.5, 0.6) is 0 Å². The third kappa shape index (κ3) is 6.69. The van der Waals surface area contributed by atoms with Crippen molar-refractivity contribution < 1.29 is 14.0 Å². The lowest BCUT2D eigenvalue weighted by atomic mass is 9.98. The van der Waals surface area contributed by atoms with Crippen LogP contribution in [0.15, 0.2) is 91.0 Å². The van der Waals surface area contributed by atoms with Gasteiger partial charge in [-0.2, -0.15) is 0 Å². The minimum absolute atomic E-state index is 0.253. The van der Waals surface area contributed by atoms with Crippen LogP contribution in [0.4, 0.5) is 15.8 Å². The Morgan fingerprint density at radius 1 is 0.932 bits per heavy atom. The molecule has 0 aromatic heterocycles. The molecule has 6 nitrogen and oxygen atoms in total. The highest BCUT2D eigenvalue weighted by atomic mass is 35.5. The van der Waals surface area contributed by atoms with Gasteiger partial charge in [0.1, 0.15) is 5.82 Å². The van der Waals surface area contributed by atoms with Crippen molar-refractivity contribution in [2.75, 3.05) is 23.7 Å². The average molecular weight is 609 g/mol. The third-order valence-corrected chi connectivity index (χ3v) is 8.43. The zero-order valence-corrected chi connectivity index (χ0v) is 25.3. The van der Waals surface area contributed by atoms with Crippen molar-refractivity contribution in [1.82, 2.24) is 10.2 Å². The summed E-state index contributed by atoms with van der Waals surface area (Å²) in [5, 5.41) is 10.1. The Morgan fingerprint density at radius 3 is 2.41 bits per heavy atom. The molecule has 2 aliphatic rings. The summed E-state index contributed by atoms with van der Waals surface area (Å²) in [7, 11) is 0. The molecule has 2 heterocycles. The molecule has 1 fully saturated rings. The van der Waals surface area contributed by atoms with E-state index in [1.54, 1.807) is 42.5 Å². The fourth-order valence-corrected chi connectivity index (χ4v) is 5.96. The number of amides is 2. The molecule has 1 saturated heterocycles. The molecule has 44 heavy (non-hydrogen) atoms. The molecule has 3 N–H and O–H groups in total. The molecule has 1 atom stereocenters. The van der Waals surface area contributed by atoms with Gasteiger partial charge in [0.2, 0.25) is 0 Å². The Balaban J connectivity index is 1.34. The normalized spacial score (nSPS) is 16.6. The number of rotatable bonds is 8. The van der Waals surface area contributed by atoms with Crippen molar-refractivity contribution in [2.45, 2.75) is 38.8 Å². The maximum atomic E-state index is 14.0. The first-order valence-electron chi connectivity index (χ1n) is 14.9. The van der Waals surface area contributed by atoms with E-state index in [9.17, 15) is 14.0 Å². The third-order valence-electron chi connectivity index (χ3n) is 8.18. The summed E-state index contributed by atoms with van der Waals surface area (Å²) >= 11 is 6.02. The summed E-state index contributed by atoms with van der Waals surface area (Å²) in [6, 6.07) is 26.5. The van der Waals surface area contributed by atoms with Crippen LogP contribution in [0.1, 0.15) is 64.8 Å². The summed E-state index contributed by atoms with van der Waals surface area (Å²) in [4.78, 5) is 29.3. The number of anilines is 2. The topological polar surface area (TPSA) is 73.5 Å². The molecule has 2 aliphatic heterocycles. The number of nitrogens with one attached hydrogen (secondary N) is 3. The maximum absolute atomic E-state index is 14.0. The van der Waals surface area contributed by atoms with Crippen molar-refractivity contribution in [1.29, 1.82) is 0 Å². The Labute approximate surface area is 261 Å². The monoisotopic (exact) mass is 608 g/mol. The highest BCUT2D eigenvalue weighted by Crippen LogP contribution is 2.38. The van der Waals surface area contributed by atoms with Gasteiger partial charge in [0.05, 0.1) is 17.3 Å². The highest BCUT2D eigenvalue weighted by Gasteiger charge is 2.30. The Bertz CT molecular complexity index is 1710. The van der Waals surface area contributed by atoms with Crippen molar-refractivity contribution in [2.24, 2.45) is 0 Å². The number of carbonyl (C=O) groups excluding carboxylic acids is 2. The van der Waals surface area contributed by atoms with Gasteiger partial charge in [0, 0.05) is 34.1 Å². The lowest BCUT2D eigenvalue weighted by molar-refractivity contribution is -0.110. The fraction of sp³-hybridized carbons (Fsp3) is 0.222. The summed E-state index contributed by atoms with van der Waals surface area (Å²) < 4.78 is 14.0. The second kappa shape index (κ2) is 13.0. The Morgan fingerprint density at radius 2 is 1.66 bits per heavy atom. The summed E-state index contributed by atoms with van der Waals surface area (Å²) in [5.41, 5.74) is 6.09. The number of benzene rings is 4. The highest BCUT2D eigenvalue weighted by molar-refractivity contribution is 6.37. The van der Waals surface area contributed by atoms with E-state index in [1.165, 1.54) is 37.0 Å². The number of nitrogens with zero attached hydrogens (tertiary/aromatic N) is 1. The zero-order chi connectivity index (χ0) is 30.6. The molecule has 0 spiro atoms. The number of fused-ring (bicyclic) bond motifs is 1. The second-order valence-electron chi connectivity index (χ2n) is 11.4. The standard InChI is InChI=1S/C36H34ClFN4O2/c1-23(25-8-13-28(37)14-9-25)39-35(43)27-12-17-32-31(21-27)33(36(44)41-32)34(26-10-15-29(38)16-11-26)40-30-7-5-6-24(20-30)22-42-18-3-2-4-19-42/h5-17,20-21,23,40H,2-4,18-19,22H2,1H3,(H,39,43)(H,41,44)/b34-33-/t23-/m1/s1. The number of carbonyl (C=O) groups is 2. The molecule has 0 saturated carbocycles. The smallest absolute Gasteiger partial charge is 0.258 e. The fourth-order valence-electron chi connectivity index (χ4n) is 5.83. The van der Waals surface area contributed by atoms with Crippen LogP contribution >= 0.6 is 11.6 Å². The lowest BCUT2D eigenvalue weighted by Gasteiger charge is -2.26. The molecule has 0 radical (unpaired) electrons. The van der Waals surface area contributed by atoms with E-state index < -0.39 is 0 Å². The molecule has 4 aromatic carbocycles. The predicted octanol–water partition coefficient (Wildman–Crippen LogP) is 7.89. The van der Waals surface area contributed by atoms with E-state index in [2.05, 4.69) is 33.0 Å². The average Bonchev–Trinajstić information content (AvgIpc) is 3.36. The van der Waals surface area contributed by atoms with Crippen molar-refractivity contribution in [3.05, 3.63) is 130 Å². The van der Waals surface area contributed by atoms with Gasteiger partial charge < -0.3 is 16.0 Å². The number of hydrogen-bond donors (Lipinski definition) is 3. The van der Waals surface area contributed by atoms with Crippen LogP contribution in [0.25, 0.3) is 11.3 Å². The minimum Gasteiger partial charge on any atom is -0.354 e. The van der Waals surface area contributed by atoms with E-state index >= 15 is 0 Å². The molecule has 2 amide bonds. The molecule has 6 rings (SSSR count). The SMILES string of the molecule is C[C@@H](NC(=O)c1ccc2c(c1)/C(=C(/Nc1cccc(CN3CCCCC3)c1)c1ccc(F)cc1)C(=O)N2)c1ccc(Cl)cc1. The number of halogens is 2. The largest absolute Gasteiger partial charge is 0.354 e. The zero-order valence-electron chi connectivity index (χ0n) is 24.5. The molecule has 0 aliphatic carbocycles.